The number of amides is 1. The van der Waals surface area contributed by atoms with E-state index < -0.39 is 0 Å². The minimum Gasteiger partial charge on any atom is -0.479 e. The second-order valence-corrected chi connectivity index (χ2v) is 4.84. The van der Waals surface area contributed by atoms with Crippen LogP contribution in [0.2, 0.25) is 0 Å². The van der Waals surface area contributed by atoms with Crippen molar-refractivity contribution >= 4 is 16.9 Å². The fourth-order valence-corrected chi connectivity index (χ4v) is 2.40. The highest BCUT2D eigenvalue weighted by Gasteiger charge is 2.20. The van der Waals surface area contributed by atoms with Gasteiger partial charge in [0.25, 0.3) is 5.91 Å². The molecule has 3 rings (SSSR count). The van der Waals surface area contributed by atoms with Gasteiger partial charge < -0.3 is 24.5 Å². The van der Waals surface area contributed by atoms with Gasteiger partial charge in [0.15, 0.2) is 18.1 Å². The second-order valence-electron chi connectivity index (χ2n) is 4.84. The van der Waals surface area contributed by atoms with Crippen LogP contribution in [0.5, 0.6) is 5.75 Å². The van der Waals surface area contributed by atoms with Crippen LogP contribution in [0.4, 0.5) is 0 Å². The van der Waals surface area contributed by atoms with E-state index in [1.54, 1.807) is 4.90 Å². The lowest BCUT2D eigenvalue weighted by molar-refractivity contribution is -0.137. The van der Waals surface area contributed by atoms with Crippen LogP contribution in [-0.4, -0.2) is 43.7 Å². The lowest BCUT2D eigenvalue weighted by Gasteiger charge is -2.26. The molecule has 2 aromatic rings. The third-order valence-corrected chi connectivity index (χ3v) is 3.51. The van der Waals surface area contributed by atoms with Gasteiger partial charge in [0.05, 0.1) is 25.1 Å². The lowest BCUT2D eigenvalue weighted by Crippen LogP contribution is -2.43. The molecule has 1 aromatic carbocycles. The topological polar surface area (TPSA) is 77.9 Å². The molecule has 2 N–H and O–H groups in total. The number of fused-ring (bicyclic) bond motifs is 1. The number of carbonyl (C=O) groups is 1. The van der Waals surface area contributed by atoms with Crippen LogP contribution < -0.4 is 10.5 Å². The van der Waals surface area contributed by atoms with Crippen molar-refractivity contribution in [3.05, 3.63) is 30.0 Å². The first kappa shape index (κ1) is 13.9. The Balaban J connectivity index is 1.73. The summed E-state index contributed by atoms with van der Waals surface area (Å²) < 4.78 is 16.5. The first-order valence-corrected chi connectivity index (χ1v) is 6.98. The van der Waals surface area contributed by atoms with Gasteiger partial charge in [0, 0.05) is 13.1 Å². The largest absolute Gasteiger partial charge is 0.479 e. The van der Waals surface area contributed by atoms with E-state index >= 15 is 0 Å². The van der Waals surface area contributed by atoms with E-state index in [2.05, 4.69) is 0 Å². The van der Waals surface area contributed by atoms with Crippen LogP contribution in [-0.2, 0) is 16.1 Å². The SMILES string of the molecule is NCc1oc2ccccc2c1OCC(=O)N1CCOCC1. The highest BCUT2D eigenvalue weighted by atomic mass is 16.5. The molecule has 1 aliphatic heterocycles. The van der Waals surface area contributed by atoms with Crippen molar-refractivity contribution in [1.29, 1.82) is 0 Å². The maximum absolute atomic E-state index is 12.1. The van der Waals surface area contributed by atoms with Crippen LogP contribution in [0.1, 0.15) is 5.76 Å². The maximum Gasteiger partial charge on any atom is 0.260 e. The molecule has 1 saturated heterocycles. The number of hydrogen-bond acceptors (Lipinski definition) is 5. The Morgan fingerprint density at radius 1 is 1.29 bits per heavy atom. The number of benzene rings is 1. The fourth-order valence-electron chi connectivity index (χ4n) is 2.40. The predicted molar refractivity (Wildman–Crippen MR) is 77.0 cm³/mol. The van der Waals surface area contributed by atoms with Crippen molar-refractivity contribution in [3.63, 3.8) is 0 Å². The second kappa shape index (κ2) is 6.15. The first-order valence-electron chi connectivity index (χ1n) is 6.98. The molecule has 21 heavy (non-hydrogen) atoms. The van der Waals surface area contributed by atoms with Gasteiger partial charge in [-0.05, 0) is 12.1 Å². The van der Waals surface area contributed by atoms with E-state index in [-0.39, 0.29) is 19.1 Å². The zero-order chi connectivity index (χ0) is 14.7. The van der Waals surface area contributed by atoms with Crippen LogP contribution in [0.25, 0.3) is 11.0 Å². The number of para-hydroxylation sites is 1. The van der Waals surface area contributed by atoms with Crippen molar-refractivity contribution < 1.29 is 18.7 Å². The molecule has 0 radical (unpaired) electrons. The Morgan fingerprint density at radius 3 is 2.81 bits per heavy atom. The van der Waals surface area contributed by atoms with Gasteiger partial charge in [0.2, 0.25) is 0 Å². The van der Waals surface area contributed by atoms with Gasteiger partial charge >= 0.3 is 0 Å². The molecule has 0 saturated carbocycles. The molecule has 1 aromatic heterocycles. The number of nitrogens with two attached hydrogens (primary N) is 1. The Labute approximate surface area is 122 Å². The molecule has 0 spiro atoms. The number of ether oxygens (including phenoxy) is 2. The van der Waals surface area contributed by atoms with Crippen molar-refractivity contribution in [2.45, 2.75) is 6.54 Å². The fraction of sp³-hybridized carbons (Fsp3) is 0.400. The summed E-state index contributed by atoms with van der Waals surface area (Å²) in [5, 5.41) is 0.840. The van der Waals surface area contributed by atoms with Crippen LogP contribution in [0.3, 0.4) is 0 Å². The summed E-state index contributed by atoms with van der Waals surface area (Å²) in [5.41, 5.74) is 6.39. The Hall–Kier alpha value is -2.05. The number of rotatable bonds is 4. The first-order chi connectivity index (χ1) is 10.3. The van der Waals surface area contributed by atoms with E-state index in [4.69, 9.17) is 19.6 Å². The van der Waals surface area contributed by atoms with Gasteiger partial charge in [0.1, 0.15) is 5.58 Å². The molecule has 1 aliphatic rings. The molecule has 6 nitrogen and oxygen atoms in total. The molecule has 112 valence electrons. The molecule has 1 fully saturated rings. The maximum atomic E-state index is 12.1. The summed E-state index contributed by atoms with van der Waals surface area (Å²) >= 11 is 0. The number of morpholine rings is 1. The molecule has 6 heteroatoms. The quantitative estimate of drug-likeness (QED) is 0.913. The summed E-state index contributed by atoms with van der Waals surface area (Å²) in [4.78, 5) is 13.9. The van der Waals surface area contributed by atoms with Gasteiger partial charge in [-0.15, -0.1) is 0 Å². The Bertz CT molecular complexity index is 632. The summed E-state index contributed by atoms with van der Waals surface area (Å²) in [6.07, 6.45) is 0. The van der Waals surface area contributed by atoms with Crippen molar-refractivity contribution in [1.82, 2.24) is 4.90 Å². The van der Waals surface area contributed by atoms with E-state index in [1.165, 1.54) is 0 Å². The zero-order valence-electron chi connectivity index (χ0n) is 11.7. The summed E-state index contributed by atoms with van der Waals surface area (Å²) in [7, 11) is 0. The molecular formula is C15H18N2O4. The third-order valence-electron chi connectivity index (χ3n) is 3.51. The van der Waals surface area contributed by atoms with Gasteiger partial charge in [-0.3, -0.25) is 4.79 Å². The smallest absolute Gasteiger partial charge is 0.260 e. The molecule has 0 atom stereocenters. The average Bonchev–Trinajstić information content (AvgIpc) is 2.91. The molecule has 0 bridgehead atoms. The van der Waals surface area contributed by atoms with Crippen LogP contribution >= 0.6 is 0 Å². The van der Waals surface area contributed by atoms with Gasteiger partial charge in [-0.25, -0.2) is 0 Å². The molecule has 2 heterocycles. The standard InChI is InChI=1S/C15H18N2O4/c16-9-13-15(11-3-1-2-4-12(11)21-13)20-10-14(18)17-5-7-19-8-6-17/h1-4H,5-10,16H2. The number of hydrogen-bond donors (Lipinski definition) is 1. The monoisotopic (exact) mass is 290 g/mol. The third kappa shape index (κ3) is 2.86. The molecule has 1 amide bonds. The van der Waals surface area contributed by atoms with Gasteiger partial charge in [-0.1, -0.05) is 12.1 Å². The predicted octanol–water partition coefficient (Wildman–Crippen LogP) is 1.13. The van der Waals surface area contributed by atoms with Crippen LogP contribution in [0, 0.1) is 0 Å². The summed E-state index contributed by atoms with van der Waals surface area (Å²) in [6, 6.07) is 7.53. The van der Waals surface area contributed by atoms with E-state index in [1.807, 2.05) is 24.3 Å². The van der Waals surface area contributed by atoms with Gasteiger partial charge in [-0.2, -0.15) is 0 Å². The van der Waals surface area contributed by atoms with Crippen molar-refractivity contribution in [3.8, 4) is 5.75 Å². The van der Waals surface area contributed by atoms with E-state index in [0.29, 0.717) is 43.4 Å². The molecule has 0 aliphatic carbocycles. The van der Waals surface area contributed by atoms with E-state index in [9.17, 15) is 4.79 Å². The number of carbonyl (C=O) groups excluding carboxylic acids is 1. The highest BCUT2D eigenvalue weighted by Crippen LogP contribution is 2.32. The minimum absolute atomic E-state index is 0.0173. The van der Waals surface area contributed by atoms with E-state index in [0.717, 1.165) is 5.39 Å². The lowest BCUT2D eigenvalue weighted by atomic mass is 10.2. The Morgan fingerprint density at radius 2 is 2.05 bits per heavy atom. The van der Waals surface area contributed by atoms with Crippen molar-refractivity contribution in [2.75, 3.05) is 32.9 Å². The highest BCUT2D eigenvalue weighted by molar-refractivity contribution is 5.86. The number of nitrogens with zero attached hydrogens (tertiary/aromatic N) is 1. The summed E-state index contributed by atoms with van der Waals surface area (Å²) in [6.45, 7) is 2.59. The average molecular weight is 290 g/mol. The zero-order valence-corrected chi connectivity index (χ0v) is 11.7. The number of furan rings is 1. The normalized spacial score (nSPS) is 15.4. The molecule has 0 unspecified atom stereocenters. The molecular weight excluding hydrogens is 272 g/mol. The van der Waals surface area contributed by atoms with Crippen molar-refractivity contribution in [2.24, 2.45) is 5.73 Å². The summed E-state index contributed by atoms with van der Waals surface area (Å²) in [5.74, 6) is 1.08. The minimum atomic E-state index is -0.0495. The van der Waals surface area contributed by atoms with Crippen LogP contribution in [0.15, 0.2) is 28.7 Å². The Kier molecular flexibility index (Phi) is 4.08.